The highest BCUT2D eigenvalue weighted by Gasteiger charge is 2.08. The molecule has 0 amide bonds. The largest absolute Gasteiger partial charge is 0.476 e. The van der Waals surface area contributed by atoms with Gasteiger partial charge in [0.1, 0.15) is 6.61 Å². The number of aryl methyl sites for hydroxylation is 1. The lowest BCUT2D eigenvalue weighted by Crippen LogP contribution is -2.00. The molecule has 0 spiro atoms. The zero-order chi connectivity index (χ0) is 8.39. The second-order valence-electron chi connectivity index (χ2n) is 2.90. The minimum Gasteiger partial charge on any atom is -0.476 e. The Balaban J connectivity index is 2.33. The molecule has 2 heteroatoms. The first-order valence-electron chi connectivity index (χ1n) is 4.10. The highest BCUT2D eigenvalue weighted by Crippen LogP contribution is 2.09. The van der Waals surface area contributed by atoms with Crippen molar-refractivity contribution in [1.82, 2.24) is 0 Å². The molecule has 0 saturated carbocycles. The minimum atomic E-state index is 0.725. The van der Waals surface area contributed by atoms with E-state index in [1.165, 1.54) is 5.56 Å². The van der Waals surface area contributed by atoms with Crippen LogP contribution in [0, 0.1) is 6.92 Å². The second kappa shape index (κ2) is 2.97. The standard InChI is InChI=1S/C10H11NO/c1-8-3-2-4-9(7-8)10-11-5-6-12-10/h2-4,7H,5-6H2,1H3. The molecular formula is C10H11NO. The van der Waals surface area contributed by atoms with Gasteiger partial charge in [-0.05, 0) is 19.1 Å². The molecule has 0 aromatic heterocycles. The summed E-state index contributed by atoms with van der Waals surface area (Å²) in [6.45, 7) is 3.59. The third-order valence-electron chi connectivity index (χ3n) is 1.85. The summed E-state index contributed by atoms with van der Waals surface area (Å²) in [4.78, 5) is 4.24. The van der Waals surface area contributed by atoms with Crippen LogP contribution in [0.1, 0.15) is 11.1 Å². The van der Waals surface area contributed by atoms with E-state index in [1.807, 2.05) is 12.1 Å². The van der Waals surface area contributed by atoms with Crippen molar-refractivity contribution in [2.75, 3.05) is 13.2 Å². The number of nitrogens with zero attached hydrogens (tertiary/aromatic N) is 1. The van der Waals surface area contributed by atoms with E-state index in [9.17, 15) is 0 Å². The zero-order valence-corrected chi connectivity index (χ0v) is 7.08. The van der Waals surface area contributed by atoms with Gasteiger partial charge in [-0.3, -0.25) is 0 Å². The summed E-state index contributed by atoms with van der Waals surface area (Å²) in [5, 5.41) is 0. The molecule has 0 fully saturated rings. The average molecular weight is 161 g/mol. The van der Waals surface area contributed by atoms with Crippen LogP contribution in [-0.2, 0) is 4.74 Å². The Morgan fingerprint density at radius 2 is 2.33 bits per heavy atom. The average Bonchev–Trinajstić information content (AvgIpc) is 2.56. The Hall–Kier alpha value is -1.31. The van der Waals surface area contributed by atoms with Crippen molar-refractivity contribution in [3.8, 4) is 0 Å². The van der Waals surface area contributed by atoms with Crippen molar-refractivity contribution in [1.29, 1.82) is 0 Å². The summed E-state index contributed by atoms with van der Waals surface area (Å²) in [5.74, 6) is 0.790. The van der Waals surface area contributed by atoms with Gasteiger partial charge in [0.15, 0.2) is 0 Å². The van der Waals surface area contributed by atoms with E-state index in [0.717, 1.165) is 24.6 Å². The van der Waals surface area contributed by atoms with Crippen molar-refractivity contribution in [3.63, 3.8) is 0 Å². The Bertz CT molecular complexity index is 317. The molecule has 0 atom stereocenters. The van der Waals surface area contributed by atoms with Gasteiger partial charge in [0.2, 0.25) is 5.90 Å². The van der Waals surface area contributed by atoms with Gasteiger partial charge in [-0.2, -0.15) is 0 Å². The smallest absolute Gasteiger partial charge is 0.216 e. The Morgan fingerprint density at radius 1 is 1.42 bits per heavy atom. The molecule has 1 aliphatic rings. The van der Waals surface area contributed by atoms with E-state index in [4.69, 9.17) is 4.74 Å². The third kappa shape index (κ3) is 1.33. The summed E-state index contributed by atoms with van der Waals surface area (Å²) >= 11 is 0. The van der Waals surface area contributed by atoms with Crippen LogP contribution < -0.4 is 0 Å². The Kier molecular flexibility index (Phi) is 1.82. The number of ether oxygens (including phenoxy) is 1. The van der Waals surface area contributed by atoms with Crippen LogP contribution in [0.4, 0.5) is 0 Å². The molecule has 1 aliphatic heterocycles. The van der Waals surface area contributed by atoms with Gasteiger partial charge >= 0.3 is 0 Å². The van der Waals surface area contributed by atoms with Crippen LogP contribution >= 0.6 is 0 Å². The molecule has 1 aromatic carbocycles. The van der Waals surface area contributed by atoms with Gasteiger partial charge < -0.3 is 4.74 Å². The second-order valence-corrected chi connectivity index (χ2v) is 2.90. The van der Waals surface area contributed by atoms with Crippen LogP contribution in [-0.4, -0.2) is 19.0 Å². The number of benzene rings is 1. The van der Waals surface area contributed by atoms with Gasteiger partial charge in [0, 0.05) is 5.56 Å². The van der Waals surface area contributed by atoms with E-state index in [0.29, 0.717) is 0 Å². The summed E-state index contributed by atoms with van der Waals surface area (Å²) in [6.07, 6.45) is 0. The summed E-state index contributed by atoms with van der Waals surface area (Å²) < 4.78 is 5.34. The maximum absolute atomic E-state index is 5.34. The van der Waals surface area contributed by atoms with Crippen LogP contribution in [0.3, 0.4) is 0 Å². The molecule has 0 radical (unpaired) electrons. The van der Waals surface area contributed by atoms with Gasteiger partial charge in [-0.15, -0.1) is 0 Å². The van der Waals surface area contributed by atoms with Gasteiger partial charge in [-0.1, -0.05) is 17.7 Å². The molecule has 0 bridgehead atoms. The number of hydrogen-bond donors (Lipinski definition) is 0. The van der Waals surface area contributed by atoms with Crippen molar-refractivity contribution in [2.24, 2.45) is 4.99 Å². The molecule has 2 nitrogen and oxygen atoms in total. The minimum absolute atomic E-state index is 0.725. The molecule has 1 aromatic rings. The number of hydrogen-bond acceptors (Lipinski definition) is 2. The molecule has 0 unspecified atom stereocenters. The fraction of sp³-hybridized carbons (Fsp3) is 0.300. The maximum Gasteiger partial charge on any atom is 0.216 e. The molecule has 0 aliphatic carbocycles. The van der Waals surface area contributed by atoms with Gasteiger partial charge in [0.25, 0.3) is 0 Å². The monoisotopic (exact) mass is 161 g/mol. The molecule has 62 valence electrons. The molecule has 12 heavy (non-hydrogen) atoms. The van der Waals surface area contributed by atoms with Crippen LogP contribution in [0.2, 0.25) is 0 Å². The fourth-order valence-electron chi connectivity index (χ4n) is 1.29. The summed E-state index contributed by atoms with van der Waals surface area (Å²) in [6, 6.07) is 8.20. The molecule has 2 rings (SSSR count). The van der Waals surface area contributed by atoms with Crippen LogP contribution in [0.5, 0.6) is 0 Å². The lowest BCUT2D eigenvalue weighted by atomic mass is 10.1. The van der Waals surface area contributed by atoms with E-state index in [-0.39, 0.29) is 0 Å². The van der Waals surface area contributed by atoms with E-state index in [1.54, 1.807) is 0 Å². The first kappa shape index (κ1) is 7.35. The number of aliphatic imine (C=N–C) groups is 1. The van der Waals surface area contributed by atoms with Gasteiger partial charge in [0.05, 0.1) is 6.54 Å². The fourth-order valence-corrected chi connectivity index (χ4v) is 1.29. The summed E-state index contributed by atoms with van der Waals surface area (Å²) in [7, 11) is 0. The van der Waals surface area contributed by atoms with Crippen molar-refractivity contribution in [2.45, 2.75) is 6.92 Å². The third-order valence-corrected chi connectivity index (χ3v) is 1.85. The van der Waals surface area contributed by atoms with E-state index >= 15 is 0 Å². The topological polar surface area (TPSA) is 21.6 Å². The quantitative estimate of drug-likeness (QED) is 0.615. The maximum atomic E-state index is 5.34. The molecule has 1 heterocycles. The van der Waals surface area contributed by atoms with E-state index in [2.05, 4.69) is 24.0 Å². The number of rotatable bonds is 1. The zero-order valence-electron chi connectivity index (χ0n) is 7.08. The highest BCUT2D eigenvalue weighted by molar-refractivity contribution is 5.95. The van der Waals surface area contributed by atoms with Crippen molar-refractivity contribution >= 4 is 5.90 Å². The van der Waals surface area contributed by atoms with Crippen molar-refractivity contribution < 1.29 is 4.74 Å². The molecular weight excluding hydrogens is 150 g/mol. The lowest BCUT2D eigenvalue weighted by molar-refractivity contribution is 0.348. The predicted molar refractivity (Wildman–Crippen MR) is 48.5 cm³/mol. The first-order valence-corrected chi connectivity index (χ1v) is 4.10. The summed E-state index contributed by atoms with van der Waals surface area (Å²) in [5.41, 5.74) is 2.33. The lowest BCUT2D eigenvalue weighted by Gasteiger charge is -2.01. The highest BCUT2D eigenvalue weighted by atomic mass is 16.5. The predicted octanol–water partition coefficient (Wildman–Crippen LogP) is 1.77. The SMILES string of the molecule is Cc1cccc(C2=NCCO2)c1. The normalized spacial score (nSPS) is 15.6. The van der Waals surface area contributed by atoms with E-state index < -0.39 is 0 Å². The van der Waals surface area contributed by atoms with Crippen LogP contribution in [0.25, 0.3) is 0 Å². The molecule has 0 saturated heterocycles. The van der Waals surface area contributed by atoms with Gasteiger partial charge in [-0.25, -0.2) is 4.99 Å². The van der Waals surface area contributed by atoms with Crippen molar-refractivity contribution in [3.05, 3.63) is 35.4 Å². The Labute approximate surface area is 71.9 Å². The van der Waals surface area contributed by atoms with Crippen LogP contribution in [0.15, 0.2) is 29.3 Å². The molecule has 0 N–H and O–H groups in total. The first-order chi connectivity index (χ1) is 5.86. The Morgan fingerprint density at radius 3 is 3.00 bits per heavy atom.